The first-order chi connectivity index (χ1) is 13.2. The van der Waals surface area contributed by atoms with Gasteiger partial charge < -0.3 is 0 Å². The molecule has 0 bridgehead atoms. The van der Waals surface area contributed by atoms with Gasteiger partial charge in [-0.15, -0.1) is 5.10 Å². The summed E-state index contributed by atoms with van der Waals surface area (Å²) in [4.78, 5) is 9.59. The van der Waals surface area contributed by atoms with Gasteiger partial charge in [0.1, 0.15) is 5.82 Å². The van der Waals surface area contributed by atoms with Crippen LogP contribution in [0.3, 0.4) is 0 Å². The van der Waals surface area contributed by atoms with Gasteiger partial charge in [-0.3, -0.25) is 0 Å². The largest absolute Gasteiger partial charge is 0.232 e. The van der Waals surface area contributed by atoms with E-state index >= 15 is 0 Å². The van der Waals surface area contributed by atoms with Crippen molar-refractivity contribution < 1.29 is 0 Å². The monoisotopic (exact) mass is 376 g/mol. The predicted octanol–water partition coefficient (Wildman–Crippen LogP) is 4.23. The molecule has 27 heavy (non-hydrogen) atoms. The summed E-state index contributed by atoms with van der Waals surface area (Å²) < 4.78 is 1.84. The van der Waals surface area contributed by atoms with E-state index in [0.29, 0.717) is 11.7 Å². The zero-order chi connectivity index (χ0) is 18.6. The van der Waals surface area contributed by atoms with Crippen molar-refractivity contribution in [1.82, 2.24) is 30.2 Å². The minimum Gasteiger partial charge on any atom is -0.232 e. The van der Waals surface area contributed by atoms with Gasteiger partial charge >= 0.3 is 0 Å². The highest BCUT2D eigenvalue weighted by Gasteiger charge is 2.13. The molecule has 7 heteroatoms. The first-order valence-corrected chi connectivity index (χ1v) is 9.89. The molecule has 2 aromatic heterocycles. The Kier molecular flexibility index (Phi) is 5.11. The topological polar surface area (TPSA) is 69.4 Å². The van der Waals surface area contributed by atoms with Gasteiger partial charge in [0.15, 0.2) is 0 Å². The molecular formula is C20H20N6S. The van der Waals surface area contributed by atoms with Gasteiger partial charge in [-0.1, -0.05) is 74.1 Å². The van der Waals surface area contributed by atoms with Crippen LogP contribution in [0.15, 0.2) is 59.8 Å². The van der Waals surface area contributed by atoms with Crippen molar-refractivity contribution in [2.75, 3.05) is 0 Å². The number of tetrazole rings is 1. The summed E-state index contributed by atoms with van der Waals surface area (Å²) in [5, 5.41) is 13.9. The molecule has 4 aromatic rings. The molecule has 0 amide bonds. The SMILES string of the molecule is CC(C)Cn1nnnc1SCc1nc(-c2ccccc2)c2ccccc2n1. The lowest BCUT2D eigenvalue weighted by Crippen LogP contribution is -2.08. The number of nitrogens with zero attached hydrogens (tertiary/aromatic N) is 6. The maximum Gasteiger partial charge on any atom is 0.209 e. The van der Waals surface area contributed by atoms with Gasteiger partial charge in [0.2, 0.25) is 5.16 Å². The average Bonchev–Trinajstić information content (AvgIpc) is 3.12. The Balaban J connectivity index is 1.66. The Labute approximate surface area is 162 Å². The molecule has 0 unspecified atom stereocenters. The van der Waals surface area contributed by atoms with Crippen LogP contribution in [-0.2, 0) is 12.3 Å². The molecule has 0 atom stereocenters. The van der Waals surface area contributed by atoms with Crippen molar-refractivity contribution in [1.29, 1.82) is 0 Å². The molecule has 6 nitrogen and oxygen atoms in total. The van der Waals surface area contributed by atoms with Crippen LogP contribution in [0.4, 0.5) is 0 Å². The van der Waals surface area contributed by atoms with Crippen molar-refractivity contribution in [3.63, 3.8) is 0 Å². The Bertz CT molecular complexity index is 1040. The van der Waals surface area contributed by atoms with Crippen LogP contribution in [0, 0.1) is 5.92 Å². The van der Waals surface area contributed by atoms with E-state index in [-0.39, 0.29) is 0 Å². The second-order valence-electron chi connectivity index (χ2n) is 6.70. The minimum absolute atomic E-state index is 0.481. The number of benzene rings is 2. The van der Waals surface area contributed by atoms with Gasteiger partial charge in [-0.25, -0.2) is 14.6 Å². The number of fused-ring (bicyclic) bond motifs is 1. The zero-order valence-corrected chi connectivity index (χ0v) is 16.1. The lowest BCUT2D eigenvalue weighted by atomic mass is 10.1. The molecule has 136 valence electrons. The van der Waals surface area contributed by atoms with Crippen molar-refractivity contribution in [2.24, 2.45) is 5.92 Å². The number of aromatic nitrogens is 6. The van der Waals surface area contributed by atoms with Crippen LogP contribution in [0.2, 0.25) is 0 Å². The Morgan fingerprint density at radius 2 is 1.74 bits per heavy atom. The number of hydrogen-bond donors (Lipinski definition) is 0. The van der Waals surface area contributed by atoms with Crippen LogP contribution in [0.25, 0.3) is 22.2 Å². The minimum atomic E-state index is 0.481. The molecule has 2 aromatic carbocycles. The number of para-hydroxylation sites is 1. The summed E-state index contributed by atoms with van der Waals surface area (Å²) >= 11 is 1.56. The van der Waals surface area contributed by atoms with Gasteiger partial charge in [-0.05, 0) is 22.4 Å². The fourth-order valence-corrected chi connectivity index (χ4v) is 3.64. The normalized spacial score (nSPS) is 11.4. The highest BCUT2D eigenvalue weighted by atomic mass is 32.2. The van der Waals surface area contributed by atoms with E-state index in [1.54, 1.807) is 11.8 Å². The maximum absolute atomic E-state index is 4.85. The Morgan fingerprint density at radius 3 is 2.56 bits per heavy atom. The number of thioether (sulfide) groups is 1. The second-order valence-corrected chi connectivity index (χ2v) is 7.64. The fourth-order valence-electron chi connectivity index (χ4n) is 2.89. The maximum atomic E-state index is 4.85. The van der Waals surface area contributed by atoms with Gasteiger partial charge in [-0.2, -0.15) is 0 Å². The molecule has 0 aliphatic carbocycles. The van der Waals surface area contributed by atoms with E-state index in [1.807, 2.05) is 41.1 Å². The van der Waals surface area contributed by atoms with Crippen molar-refractivity contribution >= 4 is 22.7 Å². The van der Waals surface area contributed by atoms with Crippen LogP contribution in [0.5, 0.6) is 0 Å². The standard InChI is InChI=1S/C20H20N6S/c1-14(2)12-26-20(23-24-25-26)27-13-18-21-17-11-7-6-10-16(17)19(22-18)15-8-4-3-5-9-15/h3-11,14H,12-13H2,1-2H3. The van der Waals surface area contributed by atoms with Crippen LogP contribution >= 0.6 is 11.8 Å². The van der Waals surface area contributed by atoms with Crippen molar-refractivity contribution in [3.05, 3.63) is 60.4 Å². The highest BCUT2D eigenvalue weighted by molar-refractivity contribution is 7.98. The summed E-state index contributed by atoms with van der Waals surface area (Å²) in [7, 11) is 0. The summed E-state index contributed by atoms with van der Waals surface area (Å²) in [6.07, 6.45) is 0. The summed E-state index contributed by atoms with van der Waals surface area (Å²) in [5.41, 5.74) is 2.99. The van der Waals surface area contributed by atoms with Crippen molar-refractivity contribution in [3.8, 4) is 11.3 Å². The van der Waals surface area contributed by atoms with Gasteiger partial charge in [0, 0.05) is 17.5 Å². The quantitative estimate of drug-likeness (QED) is 0.469. The van der Waals surface area contributed by atoms with Crippen LogP contribution < -0.4 is 0 Å². The van der Waals surface area contributed by atoms with E-state index in [2.05, 4.69) is 47.6 Å². The molecule has 0 saturated heterocycles. The van der Waals surface area contributed by atoms with Gasteiger partial charge in [0.25, 0.3) is 0 Å². The lowest BCUT2D eigenvalue weighted by molar-refractivity contribution is 0.445. The number of hydrogen-bond acceptors (Lipinski definition) is 6. The average molecular weight is 376 g/mol. The third kappa shape index (κ3) is 3.98. The molecule has 0 saturated carbocycles. The first-order valence-electron chi connectivity index (χ1n) is 8.91. The van der Waals surface area contributed by atoms with E-state index < -0.39 is 0 Å². The molecule has 0 aliphatic heterocycles. The van der Waals surface area contributed by atoms with Crippen LogP contribution in [0.1, 0.15) is 19.7 Å². The predicted molar refractivity (Wildman–Crippen MR) is 107 cm³/mol. The van der Waals surface area contributed by atoms with E-state index in [1.165, 1.54) is 0 Å². The van der Waals surface area contributed by atoms with E-state index in [0.717, 1.165) is 39.7 Å². The third-order valence-corrected chi connectivity index (χ3v) is 5.02. The Hall–Kier alpha value is -2.80. The lowest BCUT2D eigenvalue weighted by Gasteiger charge is -2.09. The summed E-state index contributed by atoms with van der Waals surface area (Å²) in [5.74, 6) is 1.87. The molecule has 0 fully saturated rings. The van der Waals surface area contributed by atoms with Crippen LogP contribution in [-0.4, -0.2) is 30.2 Å². The number of rotatable bonds is 6. The molecule has 0 N–H and O–H groups in total. The Morgan fingerprint density at radius 1 is 0.963 bits per heavy atom. The summed E-state index contributed by atoms with van der Waals surface area (Å²) in [6.45, 7) is 5.09. The summed E-state index contributed by atoms with van der Waals surface area (Å²) in [6, 6.07) is 18.3. The molecule has 4 rings (SSSR count). The van der Waals surface area contributed by atoms with Gasteiger partial charge in [0.05, 0.1) is 17.0 Å². The zero-order valence-electron chi connectivity index (χ0n) is 15.3. The molecule has 0 radical (unpaired) electrons. The smallest absolute Gasteiger partial charge is 0.209 e. The first kappa shape index (κ1) is 17.6. The molecule has 2 heterocycles. The van der Waals surface area contributed by atoms with E-state index in [4.69, 9.17) is 9.97 Å². The fraction of sp³-hybridized carbons (Fsp3) is 0.250. The molecular weight excluding hydrogens is 356 g/mol. The van der Waals surface area contributed by atoms with Crippen molar-refractivity contribution in [2.45, 2.75) is 31.3 Å². The third-order valence-electron chi connectivity index (χ3n) is 4.06. The molecule has 0 spiro atoms. The second kappa shape index (κ2) is 7.84. The highest BCUT2D eigenvalue weighted by Crippen LogP contribution is 2.27. The molecule has 0 aliphatic rings. The van der Waals surface area contributed by atoms with E-state index in [9.17, 15) is 0 Å².